The molecular formula is C14H19NO3S. The molecule has 0 saturated carbocycles. The van der Waals surface area contributed by atoms with Gasteiger partial charge >= 0.3 is 5.97 Å². The largest absolute Gasteiger partial charge is 0.480 e. The first-order chi connectivity index (χ1) is 8.95. The molecule has 0 fully saturated rings. The van der Waals surface area contributed by atoms with E-state index in [2.05, 4.69) is 13.8 Å². The highest BCUT2D eigenvalue weighted by molar-refractivity contribution is 8.00. The van der Waals surface area contributed by atoms with Crippen LogP contribution in [0, 0.1) is 0 Å². The van der Waals surface area contributed by atoms with Crippen LogP contribution in [-0.2, 0) is 4.79 Å². The molecule has 0 aliphatic rings. The molecule has 1 aromatic carbocycles. The molecule has 104 valence electrons. The van der Waals surface area contributed by atoms with Gasteiger partial charge in [-0.15, -0.1) is 11.8 Å². The number of rotatable bonds is 6. The minimum Gasteiger partial charge on any atom is -0.480 e. The third-order valence-corrected chi connectivity index (χ3v) is 3.56. The molecule has 4 nitrogen and oxygen atoms in total. The van der Waals surface area contributed by atoms with E-state index in [0.717, 1.165) is 4.90 Å². The van der Waals surface area contributed by atoms with Crippen molar-refractivity contribution in [1.29, 1.82) is 0 Å². The number of amides is 1. The van der Waals surface area contributed by atoms with E-state index < -0.39 is 5.97 Å². The van der Waals surface area contributed by atoms with Crippen molar-refractivity contribution >= 4 is 23.6 Å². The van der Waals surface area contributed by atoms with Gasteiger partial charge in [-0.25, -0.2) is 0 Å². The van der Waals surface area contributed by atoms with Gasteiger partial charge in [0.1, 0.15) is 6.54 Å². The summed E-state index contributed by atoms with van der Waals surface area (Å²) in [4.78, 5) is 25.4. The van der Waals surface area contributed by atoms with Crippen LogP contribution < -0.4 is 0 Å². The maximum absolute atomic E-state index is 12.4. The van der Waals surface area contributed by atoms with Crippen molar-refractivity contribution in [3.8, 4) is 0 Å². The highest BCUT2D eigenvalue weighted by Gasteiger charge is 2.19. The summed E-state index contributed by atoms with van der Waals surface area (Å²) in [5, 5.41) is 9.19. The van der Waals surface area contributed by atoms with Crippen molar-refractivity contribution in [3.05, 3.63) is 29.8 Å². The second-order valence-electron chi connectivity index (χ2n) is 4.38. The SMILES string of the molecule is CCN(CC(=O)O)C(=O)c1ccccc1SC(C)C. The summed E-state index contributed by atoms with van der Waals surface area (Å²) in [6, 6.07) is 7.32. The predicted octanol–water partition coefficient (Wildman–Crippen LogP) is 2.73. The van der Waals surface area contributed by atoms with E-state index in [1.807, 2.05) is 12.1 Å². The van der Waals surface area contributed by atoms with Gasteiger partial charge in [-0.1, -0.05) is 26.0 Å². The lowest BCUT2D eigenvalue weighted by atomic mass is 10.2. The third kappa shape index (κ3) is 4.59. The minimum atomic E-state index is -0.996. The number of carbonyl (C=O) groups excluding carboxylic acids is 1. The zero-order valence-corrected chi connectivity index (χ0v) is 12.2. The first-order valence-electron chi connectivity index (χ1n) is 6.22. The Bertz CT molecular complexity index is 460. The second-order valence-corrected chi connectivity index (χ2v) is 5.99. The first-order valence-corrected chi connectivity index (χ1v) is 7.10. The number of thioether (sulfide) groups is 1. The number of hydrogen-bond acceptors (Lipinski definition) is 3. The molecule has 0 radical (unpaired) electrons. The molecule has 0 unspecified atom stereocenters. The minimum absolute atomic E-state index is 0.228. The van der Waals surface area contributed by atoms with Gasteiger partial charge in [0.25, 0.3) is 5.91 Å². The van der Waals surface area contributed by atoms with Crippen molar-refractivity contribution in [2.75, 3.05) is 13.1 Å². The van der Waals surface area contributed by atoms with E-state index >= 15 is 0 Å². The molecule has 1 aromatic rings. The number of carboxylic acids is 1. The Morgan fingerprint density at radius 2 is 1.95 bits per heavy atom. The lowest BCUT2D eigenvalue weighted by molar-refractivity contribution is -0.137. The van der Waals surface area contributed by atoms with Gasteiger partial charge < -0.3 is 10.0 Å². The van der Waals surface area contributed by atoms with Crippen molar-refractivity contribution in [1.82, 2.24) is 4.90 Å². The molecular weight excluding hydrogens is 262 g/mol. The van der Waals surface area contributed by atoms with E-state index in [4.69, 9.17) is 5.11 Å². The Morgan fingerprint density at radius 1 is 1.32 bits per heavy atom. The maximum Gasteiger partial charge on any atom is 0.323 e. The Labute approximate surface area is 117 Å². The van der Waals surface area contributed by atoms with Gasteiger partial charge in [0.15, 0.2) is 0 Å². The van der Waals surface area contributed by atoms with Gasteiger partial charge in [-0.2, -0.15) is 0 Å². The van der Waals surface area contributed by atoms with Crippen LogP contribution >= 0.6 is 11.8 Å². The normalized spacial score (nSPS) is 10.5. The van der Waals surface area contributed by atoms with Gasteiger partial charge in [-0.3, -0.25) is 9.59 Å². The molecule has 1 amide bonds. The van der Waals surface area contributed by atoms with E-state index in [9.17, 15) is 9.59 Å². The fraction of sp³-hybridized carbons (Fsp3) is 0.429. The summed E-state index contributed by atoms with van der Waals surface area (Å²) in [6.45, 7) is 6.00. The molecule has 19 heavy (non-hydrogen) atoms. The summed E-state index contributed by atoms with van der Waals surface area (Å²) < 4.78 is 0. The maximum atomic E-state index is 12.4. The van der Waals surface area contributed by atoms with E-state index in [1.54, 1.807) is 30.8 Å². The standard InChI is InChI=1S/C14H19NO3S/c1-4-15(9-13(16)17)14(18)11-7-5-6-8-12(11)19-10(2)3/h5-8,10H,4,9H2,1-3H3,(H,16,17). The van der Waals surface area contributed by atoms with Crippen molar-refractivity contribution in [2.24, 2.45) is 0 Å². The first kappa shape index (κ1) is 15.6. The van der Waals surface area contributed by atoms with Crippen molar-refractivity contribution < 1.29 is 14.7 Å². The summed E-state index contributed by atoms with van der Waals surface area (Å²) >= 11 is 1.61. The highest BCUT2D eigenvalue weighted by atomic mass is 32.2. The number of aliphatic carboxylic acids is 1. The number of nitrogens with zero attached hydrogens (tertiary/aromatic N) is 1. The average Bonchev–Trinajstić information content (AvgIpc) is 2.35. The van der Waals surface area contributed by atoms with Gasteiger partial charge in [-0.05, 0) is 19.1 Å². The smallest absolute Gasteiger partial charge is 0.323 e. The quantitative estimate of drug-likeness (QED) is 0.815. The fourth-order valence-electron chi connectivity index (χ4n) is 1.66. The summed E-state index contributed by atoms with van der Waals surface area (Å²) in [7, 11) is 0. The topological polar surface area (TPSA) is 57.6 Å². The van der Waals surface area contributed by atoms with Crippen LogP contribution in [0.25, 0.3) is 0 Å². The second kappa shape index (κ2) is 7.19. The van der Waals surface area contributed by atoms with E-state index in [1.165, 1.54) is 4.90 Å². The number of carbonyl (C=O) groups is 2. The van der Waals surface area contributed by atoms with E-state index in [-0.39, 0.29) is 12.5 Å². The van der Waals surface area contributed by atoms with Crippen LogP contribution in [0.3, 0.4) is 0 Å². The monoisotopic (exact) mass is 281 g/mol. The molecule has 1 rings (SSSR count). The van der Waals surface area contributed by atoms with Crippen LogP contribution in [0.2, 0.25) is 0 Å². The zero-order valence-electron chi connectivity index (χ0n) is 11.4. The summed E-state index contributed by atoms with van der Waals surface area (Å²) in [5.74, 6) is -1.22. The molecule has 0 heterocycles. The number of benzene rings is 1. The summed E-state index contributed by atoms with van der Waals surface area (Å²) in [5.41, 5.74) is 0.573. The Morgan fingerprint density at radius 3 is 2.47 bits per heavy atom. The Balaban J connectivity index is 3.00. The molecule has 0 aliphatic heterocycles. The van der Waals surface area contributed by atoms with Gasteiger partial charge in [0.2, 0.25) is 0 Å². The van der Waals surface area contributed by atoms with Crippen LogP contribution in [-0.4, -0.2) is 40.2 Å². The molecule has 0 bridgehead atoms. The van der Waals surface area contributed by atoms with Crippen LogP contribution in [0.1, 0.15) is 31.1 Å². The van der Waals surface area contributed by atoms with Crippen LogP contribution in [0.5, 0.6) is 0 Å². The molecule has 0 aliphatic carbocycles. The number of hydrogen-bond donors (Lipinski definition) is 1. The van der Waals surface area contributed by atoms with Crippen molar-refractivity contribution in [2.45, 2.75) is 30.9 Å². The Kier molecular flexibility index (Phi) is 5.89. The number of likely N-dealkylation sites (N-methyl/N-ethyl adjacent to an activating group) is 1. The van der Waals surface area contributed by atoms with Crippen LogP contribution in [0.15, 0.2) is 29.2 Å². The van der Waals surface area contributed by atoms with Crippen molar-refractivity contribution in [3.63, 3.8) is 0 Å². The molecule has 5 heteroatoms. The van der Waals surface area contributed by atoms with E-state index in [0.29, 0.717) is 17.4 Å². The zero-order chi connectivity index (χ0) is 14.4. The van der Waals surface area contributed by atoms with Gasteiger partial charge in [0.05, 0.1) is 5.56 Å². The number of carboxylic acid groups (broad SMARTS) is 1. The summed E-state index contributed by atoms with van der Waals surface area (Å²) in [6.07, 6.45) is 0. The lowest BCUT2D eigenvalue weighted by Gasteiger charge is -2.20. The average molecular weight is 281 g/mol. The van der Waals surface area contributed by atoms with Crippen LogP contribution in [0.4, 0.5) is 0 Å². The van der Waals surface area contributed by atoms with Gasteiger partial charge in [0, 0.05) is 16.7 Å². The highest BCUT2D eigenvalue weighted by Crippen LogP contribution is 2.27. The molecule has 0 aromatic heterocycles. The molecule has 0 atom stereocenters. The molecule has 1 N–H and O–H groups in total. The predicted molar refractivity (Wildman–Crippen MR) is 76.6 cm³/mol. The third-order valence-electron chi connectivity index (χ3n) is 2.48. The lowest BCUT2D eigenvalue weighted by Crippen LogP contribution is -2.35. The molecule has 0 spiro atoms. The fourth-order valence-corrected chi connectivity index (χ4v) is 2.61. The Hall–Kier alpha value is -1.49. The molecule has 0 saturated heterocycles.